The molecule has 0 fully saturated rings. The van der Waals surface area contributed by atoms with E-state index in [9.17, 15) is 27.4 Å². The van der Waals surface area contributed by atoms with E-state index in [1.165, 1.54) is 0 Å². The summed E-state index contributed by atoms with van der Waals surface area (Å²) in [7, 11) is -5.14. The normalized spacial score (nSPS) is 16.6. The first-order valence-corrected chi connectivity index (χ1v) is 6.93. The first-order chi connectivity index (χ1) is 9.41. The van der Waals surface area contributed by atoms with Crippen LogP contribution in [0.3, 0.4) is 0 Å². The number of hydrogen-bond acceptors (Lipinski definition) is 6. The van der Waals surface area contributed by atoms with Gasteiger partial charge in [-0.1, -0.05) is 6.58 Å². The Balaban J connectivity index is 6.51. The van der Waals surface area contributed by atoms with Gasteiger partial charge in [-0.3, -0.25) is 9.35 Å². The molecule has 0 aliphatic rings. The SMILES string of the molecule is C=CC(=O)C(C)(CN)C(/C(=C/C(=O)O)C(=O)O)S(=O)(=O)O. The van der Waals surface area contributed by atoms with Crippen LogP contribution in [0.25, 0.3) is 0 Å². The van der Waals surface area contributed by atoms with Gasteiger partial charge in [-0.15, -0.1) is 0 Å². The van der Waals surface area contributed by atoms with Crippen molar-refractivity contribution in [3.63, 3.8) is 0 Å². The summed E-state index contributed by atoms with van der Waals surface area (Å²) in [5.41, 5.74) is 2.06. The molecule has 0 aromatic heterocycles. The molecular weight excluding hydrogens is 306 g/mol. The van der Waals surface area contributed by atoms with Gasteiger partial charge in [0.15, 0.2) is 5.78 Å². The van der Waals surface area contributed by atoms with Gasteiger partial charge in [0.05, 0.1) is 11.0 Å². The quantitative estimate of drug-likeness (QED) is 0.325. The van der Waals surface area contributed by atoms with Crippen LogP contribution < -0.4 is 5.73 Å². The predicted molar refractivity (Wildman–Crippen MR) is 71.1 cm³/mol. The van der Waals surface area contributed by atoms with Crippen LogP contribution in [0.15, 0.2) is 24.3 Å². The molecule has 0 radical (unpaired) electrons. The van der Waals surface area contributed by atoms with Gasteiger partial charge in [-0.25, -0.2) is 9.59 Å². The Bertz CT molecular complexity index is 606. The molecule has 0 bridgehead atoms. The van der Waals surface area contributed by atoms with Crippen molar-refractivity contribution in [3.05, 3.63) is 24.3 Å². The third-order valence-corrected chi connectivity index (χ3v) is 4.23. The number of ketones is 1. The lowest BCUT2D eigenvalue weighted by Crippen LogP contribution is -2.51. The van der Waals surface area contributed by atoms with Gasteiger partial charge in [0.1, 0.15) is 5.25 Å². The number of nitrogens with two attached hydrogens (primary N) is 1. The van der Waals surface area contributed by atoms with Crippen LogP contribution in [0.4, 0.5) is 0 Å². The highest BCUT2D eigenvalue weighted by Crippen LogP contribution is 2.33. The molecule has 0 aromatic carbocycles. The third kappa shape index (κ3) is 4.21. The number of carbonyl (C=O) groups excluding carboxylic acids is 1. The number of carbonyl (C=O) groups is 3. The Morgan fingerprint density at radius 3 is 2.05 bits per heavy atom. The zero-order valence-corrected chi connectivity index (χ0v) is 11.8. The van der Waals surface area contributed by atoms with Crippen molar-refractivity contribution in [2.75, 3.05) is 6.54 Å². The van der Waals surface area contributed by atoms with Crippen molar-refractivity contribution >= 4 is 27.8 Å². The van der Waals surface area contributed by atoms with Crippen LogP contribution in [0.1, 0.15) is 6.92 Å². The standard InChI is InChI=1S/C11H15NO8S/c1-3-7(13)11(2,5-12)9(21(18,19)20)6(10(16)17)4-8(14)15/h3-4,9H,1,5,12H2,2H3,(H,14,15)(H,16,17)(H,18,19,20)/b6-4-. The number of rotatable bonds is 8. The highest BCUT2D eigenvalue weighted by Gasteiger charge is 2.50. The van der Waals surface area contributed by atoms with Gasteiger partial charge in [-0.05, 0) is 13.0 Å². The fourth-order valence-electron chi connectivity index (χ4n) is 1.78. The Labute approximate surface area is 120 Å². The molecule has 118 valence electrons. The second kappa shape index (κ2) is 6.61. The molecule has 2 unspecified atom stereocenters. The summed E-state index contributed by atoms with van der Waals surface area (Å²) in [5, 5.41) is 15.3. The van der Waals surface area contributed by atoms with Crippen molar-refractivity contribution in [1.82, 2.24) is 0 Å². The molecule has 0 spiro atoms. The van der Waals surface area contributed by atoms with E-state index in [2.05, 4.69) is 6.58 Å². The van der Waals surface area contributed by atoms with E-state index in [-0.39, 0.29) is 6.08 Å². The summed E-state index contributed by atoms with van der Waals surface area (Å²) in [6.07, 6.45) is 0.802. The zero-order valence-electron chi connectivity index (χ0n) is 11.0. The maximum atomic E-state index is 11.8. The maximum Gasteiger partial charge on any atom is 0.333 e. The summed E-state index contributed by atoms with van der Waals surface area (Å²) in [6.45, 7) is 3.47. The van der Waals surface area contributed by atoms with Gasteiger partial charge in [-0.2, -0.15) is 8.42 Å². The van der Waals surface area contributed by atoms with Crippen LogP contribution in [0, 0.1) is 5.41 Å². The summed E-state index contributed by atoms with van der Waals surface area (Å²) in [6, 6.07) is 0. The summed E-state index contributed by atoms with van der Waals surface area (Å²) < 4.78 is 32.3. The second-order valence-electron chi connectivity index (χ2n) is 4.33. The fourth-order valence-corrected chi connectivity index (χ4v) is 3.14. The van der Waals surface area contributed by atoms with Crippen LogP contribution in [0.5, 0.6) is 0 Å². The highest BCUT2D eigenvalue weighted by atomic mass is 32.2. The number of carboxylic acid groups (broad SMARTS) is 2. The van der Waals surface area contributed by atoms with Crippen LogP contribution in [0.2, 0.25) is 0 Å². The average molecular weight is 321 g/mol. The van der Waals surface area contributed by atoms with Crippen LogP contribution >= 0.6 is 0 Å². The first kappa shape index (κ1) is 19.0. The van der Waals surface area contributed by atoms with Gasteiger partial charge >= 0.3 is 11.9 Å². The largest absolute Gasteiger partial charge is 0.478 e. The molecule has 2 atom stereocenters. The molecule has 9 nitrogen and oxygen atoms in total. The lowest BCUT2D eigenvalue weighted by molar-refractivity contribution is -0.135. The molecular formula is C11H15NO8S. The minimum absolute atomic E-state index is 0.0883. The minimum Gasteiger partial charge on any atom is -0.478 e. The average Bonchev–Trinajstić information content (AvgIpc) is 2.34. The summed E-state index contributed by atoms with van der Waals surface area (Å²) in [4.78, 5) is 33.6. The van der Waals surface area contributed by atoms with E-state index in [1.807, 2.05) is 0 Å². The molecule has 5 N–H and O–H groups in total. The number of carboxylic acids is 2. The number of allylic oxidation sites excluding steroid dienone is 1. The first-order valence-electron chi connectivity index (χ1n) is 5.42. The molecule has 0 heterocycles. The molecule has 0 aromatic rings. The topological polar surface area (TPSA) is 172 Å². The van der Waals surface area contributed by atoms with E-state index in [1.54, 1.807) is 0 Å². The lowest BCUT2D eigenvalue weighted by atomic mass is 9.78. The molecule has 10 heteroatoms. The number of hydrogen-bond donors (Lipinski definition) is 4. The molecule has 0 amide bonds. The fraction of sp³-hybridized carbons (Fsp3) is 0.364. The molecule has 0 rings (SSSR count). The predicted octanol–water partition coefficient (Wildman–Crippen LogP) is -0.941. The summed E-state index contributed by atoms with van der Waals surface area (Å²) in [5.74, 6) is -4.63. The van der Waals surface area contributed by atoms with Crippen molar-refractivity contribution in [1.29, 1.82) is 0 Å². The van der Waals surface area contributed by atoms with Crippen molar-refractivity contribution in [2.24, 2.45) is 11.1 Å². The van der Waals surface area contributed by atoms with Gasteiger partial charge in [0.25, 0.3) is 10.1 Å². The van der Waals surface area contributed by atoms with Crippen LogP contribution in [-0.4, -0.2) is 52.7 Å². The Hall–Kier alpha value is -2.04. The monoisotopic (exact) mass is 321 g/mol. The van der Waals surface area contributed by atoms with Gasteiger partial charge in [0.2, 0.25) is 0 Å². The van der Waals surface area contributed by atoms with Crippen LogP contribution in [-0.2, 0) is 24.5 Å². The Morgan fingerprint density at radius 1 is 1.33 bits per heavy atom. The maximum absolute atomic E-state index is 11.8. The van der Waals surface area contributed by atoms with E-state index >= 15 is 0 Å². The van der Waals surface area contributed by atoms with E-state index in [0.29, 0.717) is 6.08 Å². The molecule has 0 aliphatic carbocycles. The zero-order chi connectivity index (χ0) is 17.0. The third-order valence-electron chi connectivity index (χ3n) is 2.86. The smallest absolute Gasteiger partial charge is 0.333 e. The molecule has 0 saturated carbocycles. The summed E-state index contributed by atoms with van der Waals surface area (Å²) >= 11 is 0. The van der Waals surface area contributed by atoms with Crippen molar-refractivity contribution in [3.8, 4) is 0 Å². The van der Waals surface area contributed by atoms with E-state index in [4.69, 9.17) is 15.9 Å². The van der Waals surface area contributed by atoms with Gasteiger partial charge < -0.3 is 15.9 Å². The molecule has 21 heavy (non-hydrogen) atoms. The van der Waals surface area contributed by atoms with E-state index in [0.717, 1.165) is 6.92 Å². The molecule has 0 saturated heterocycles. The van der Waals surface area contributed by atoms with E-state index < -0.39 is 50.6 Å². The Morgan fingerprint density at radius 2 is 1.81 bits per heavy atom. The van der Waals surface area contributed by atoms with Crippen molar-refractivity contribution in [2.45, 2.75) is 12.2 Å². The minimum atomic E-state index is -5.14. The highest BCUT2D eigenvalue weighted by molar-refractivity contribution is 7.86. The van der Waals surface area contributed by atoms with Gasteiger partial charge in [0, 0.05) is 12.6 Å². The lowest BCUT2D eigenvalue weighted by Gasteiger charge is -2.32. The molecule has 0 aliphatic heterocycles. The second-order valence-corrected chi connectivity index (χ2v) is 5.83. The van der Waals surface area contributed by atoms with Crippen molar-refractivity contribution < 1.29 is 37.6 Å². The Kier molecular flexibility index (Phi) is 5.97. The number of aliphatic carboxylic acids is 2.